The van der Waals surface area contributed by atoms with Crippen LogP contribution in [0.2, 0.25) is 0 Å². The zero-order valence-electron chi connectivity index (χ0n) is 7.26. The SMILES string of the molecule is CCCOC(=O)C(Cl)C(C)C. The van der Waals surface area contributed by atoms with E-state index in [9.17, 15) is 4.79 Å². The van der Waals surface area contributed by atoms with Crippen molar-refractivity contribution in [2.45, 2.75) is 32.6 Å². The van der Waals surface area contributed by atoms with Crippen LogP contribution in [-0.4, -0.2) is 18.0 Å². The lowest BCUT2D eigenvalue weighted by atomic mass is 10.1. The van der Waals surface area contributed by atoms with E-state index < -0.39 is 5.38 Å². The van der Waals surface area contributed by atoms with E-state index in [4.69, 9.17) is 16.3 Å². The van der Waals surface area contributed by atoms with Crippen LogP contribution in [0.3, 0.4) is 0 Å². The van der Waals surface area contributed by atoms with Gasteiger partial charge in [0.1, 0.15) is 5.38 Å². The minimum Gasteiger partial charge on any atom is -0.465 e. The van der Waals surface area contributed by atoms with E-state index in [1.54, 1.807) is 0 Å². The standard InChI is InChI=1S/C8H15ClO2/c1-4-5-11-8(10)7(9)6(2)3/h6-7H,4-5H2,1-3H3. The monoisotopic (exact) mass is 178 g/mol. The molecule has 0 aliphatic rings. The van der Waals surface area contributed by atoms with Crippen molar-refractivity contribution in [1.29, 1.82) is 0 Å². The van der Waals surface area contributed by atoms with Crippen LogP contribution < -0.4 is 0 Å². The van der Waals surface area contributed by atoms with Gasteiger partial charge in [0.25, 0.3) is 0 Å². The summed E-state index contributed by atoms with van der Waals surface area (Å²) >= 11 is 5.73. The Labute approximate surface area is 72.9 Å². The summed E-state index contributed by atoms with van der Waals surface area (Å²) in [4.78, 5) is 11.0. The van der Waals surface area contributed by atoms with Crippen LogP contribution in [0.15, 0.2) is 0 Å². The summed E-state index contributed by atoms with van der Waals surface area (Å²) in [5.41, 5.74) is 0. The summed E-state index contributed by atoms with van der Waals surface area (Å²) in [6, 6.07) is 0. The summed E-state index contributed by atoms with van der Waals surface area (Å²) in [6.07, 6.45) is 0.841. The summed E-state index contributed by atoms with van der Waals surface area (Å²) < 4.78 is 4.84. The highest BCUT2D eigenvalue weighted by Crippen LogP contribution is 2.10. The topological polar surface area (TPSA) is 26.3 Å². The van der Waals surface area contributed by atoms with Gasteiger partial charge in [-0.05, 0) is 12.3 Å². The van der Waals surface area contributed by atoms with Gasteiger partial charge in [0.05, 0.1) is 6.61 Å². The zero-order valence-corrected chi connectivity index (χ0v) is 8.02. The number of esters is 1. The Morgan fingerprint density at radius 2 is 2.09 bits per heavy atom. The highest BCUT2D eigenvalue weighted by molar-refractivity contribution is 6.30. The molecule has 0 bridgehead atoms. The van der Waals surface area contributed by atoms with Crippen molar-refractivity contribution in [3.05, 3.63) is 0 Å². The van der Waals surface area contributed by atoms with E-state index in [1.165, 1.54) is 0 Å². The number of hydrogen-bond acceptors (Lipinski definition) is 2. The first-order valence-electron chi connectivity index (χ1n) is 3.90. The molecule has 11 heavy (non-hydrogen) atoms. The van der Waals surface area contributed by atoms with Crippen molar-refractivity contribution >= 4 is 17.6 Å². The van der Waals surface area contributed by atoms with E-state index in [0.717, 1.165) is 6.42 Å². The van der Waals surface area contributed by atoms with Gasteiger partial charge >= 0.3 is 5.97 Å². The van der Waals surface area contributed by atoms with Crippen molar-refractivity contribution in [3.8, 4) is 0 Å². The Balaban J connectivity index is 3.64. The number of rotatable bonds is 4. The molecule has 0 aliphatic heterocycles. The fourth-order valence-corrected chi connectivity index (χ4v) is 0.617. The molecule has 0 rings (SSSR count). The van der Waals surface area contributed by atoms with Crippen LogP contribution in [0.25, 0.3) is 0 Å². The van der Waals surface area contributed by atoms with Crippen molar-refractivity contribution < 1.29 is 9.53 Å². The molecule has 0 saturated heterocycles. The summed E-state index contributed by atoms with van der Waals surface area (Å²) in [5, 5.41) is -0.499. The van der Waals surface area contributed by atoms with Gasteiger partial charge in [-0.25, -0.2) is 0 Å². The number of halogens is 1. The van der Waals surface area contributed by atoms with Gasteiger partial charge in [-0.1, -0.05) is 20.8 Å². The molecular formula is C8H15ClO2. The van der Waals surface area contributed by atoms with Gasteiger partial charge in [0.15, 0.2) is 0 Å². The molecule has 1 unspecified atom stereocenters. The maximum absolute atomic E-state index is 11.0. The number of hydrogen-bond donors (Lipinski definition) is 0. The zero-order chi connectivity index (χ0) is 8.85. The maximum atomic E-state index is 11.0. The predicted molar refractivity (Wildman–Crippen MR) is 45.7 cm³/mol. The molecule has 0 heterocycles. The van der Waals surface area contributed by atoms with Gasteiger partial charge in [-0.3, -0.25) is 4.79 Å². The van der Waals surface area contributed by atoms with Crippen molar-refractivity contribution in [1.82, 2.24) is 0 Å². The first-order valence-corrected chi connectivity index (χ1v) is 4.34. The fourth-order valence-electron chi connectivity index (χ4n) is 0.554. The molecule has 0 saturated carbocycles. The number of carbonyl (C=O) groups excluding carboxylic acids is 1. The average Bonchev–Trinajstić information content (AvgIpc) is 1.98. The third-order valence-electron chi connectivity index (χ3n) is 1.26. The van der Waals surface area contributed by atoms with Crippen LogP contribution in [-0.2, 0) is 9.53 Å². The molecule has 0 radical (unpaired) electrons. The van der Waals surface area contributed by atoms with Crippen molar-refractivity contribution in [3.63, 3.8) is 0 Å². The van der Waals surface area contributed by atoms with Crippen molar-refractivity contribution in [2.75, 3.05) is 6.61 Å². The Morgan fingerprint density at radius 1 is 1.55 bits per heavy atom. The average molecular weight is 179 g/mol. The summed E-state index contributed by atoms with van der Waals surface area (Å²) in [6.45, 7) is 6.20. The first kappa shape index (κ1) is 10.8. The van der Waals surface area contributed by atoms with Crippen LogP contribution in [0, 0.1) is 5.92 Å². The van der Waals surface area contributed by atoms with Crippen LogP contribution in [0.1, 0.15) is 27.2 Å². The smallest absolute Gasteiger partial charge is 0.324 e. The molecule has 0 aromatic rings. The fraction of sp³-hybridized carbons (Fsp3) is 0.875. The summed E-state index contributed by atoms with van der Waals surface area (Å²) in [5.74, 6) is -0.162. The van der Waals surface area contributed by atoms with E-state index in [2.05, 4.69) is 0 Å². The van der Waals surface area contributed by atoms with E-state index in [0.29, 0.717) is 6.61 Å². The lowest BCUT2D eigenvalue weighted by Crippen LogP contribution is -2.23. The Morgan fingerprint density at radius 3 is 2.45 bits per heavy atom. The Hall–Kier alpha value is -0.240. The number of carbonyl (C=O) groups is 1. The molecule has 0 aliphatic carbocycles. The highest BCUT2D eigenvalue weighted by atomic mass is 35.5. The van der Waals surface area contributed by atoms with Gasteiger partial charge < -0.3 is 4.74 Å². The highest BCUT2D eigenvalue weighted by Gasteiger charge is 2.19. The van der Waals surface area contributed by atoms with Gasteiger partial charge in [-0.15, -0.1) is 11.6 Å². The second-order valence-electron chi connectivity index (χ2n) is 2.81. The minimum absolute atomic E-state index is 0.140. The molecule has 0 amide bonds. The molecule has 1 atom stereocenters. The quantitative estimate of drug-likeness (QED) is 0.488. The molecule has 66 valence electrons. The second-order valence-corrected chi connectivity index (χ2v) is 3.28. The minimum atomic E-state index is -0.499. The lowest BCUT2D eigenvalue weighted by Gasteiger charge is -2.11. The third kappa shape index (κ3) is 4.25. The Bertz CT molecular complexity index is 123. The van der Waals surface area contributed by atoms with Crippen LogP contribution >= 0.6 is 11.6 Å². The van der Waals surface area contributed by atoms with Gasteiger partial charge in [0, 0.05) is 0 Å². The maximum Gasteiger partial charge on any atom is 0.324 e. The largest absolute Gasteiger partial charge is 0.465 e. The van der Waals surface area contributed by atoms with E-state index >= 15 is 0 Å². The molecule has 0 spiro atoms. The lowest BCUT2D eigenvalue weighted by molar-refractivity contribution is -0.144. The van der Waals surface area contributed by atoms with Gasteiger partial charge in [0.2, 0.25) is 0 Å². The molecule has 2 nitrogen and oxygen atoms in total. The molecule has 3 heteroatoms. The molecule has 0 aromatic heterocycles. The number of ether oxygens (including phenoxy) is 1. The van der Waals surface area contributed by atoms with Gasteiger partial charge in [-0.2, -0.15) is 0 Å². The first-order chi connectivity index (χ1) is 5.09. The third-order valence-corrected chi connectivity index (χ3v) is 1.94. The van der Waals surface area contributed by atoms with E-state index in [-0.39, 0.29) is 11.9 Å². The van der Waals surface area contributed by atoms with E-state index in [1.807, 2.05) is 20.8 Å². The van der Waals surface area contributed by atoms with Crippen molar-refractivity contribution in [2.24, 2.45) is 5.92 Å². The number of alkyl halides is 1. The molecule has 0 N–H and O–H groups in total. The molecule has 0 aromatic carbocycles. The Kier molecular flexibility index (Phi) is 5.30. The normalized spacial score (nSPS) is 13.2. The van der Waals surface area contributed by atoms with Crippen LogP contribution in [0.5, 0.6) is 0 Å². The second kappa shape index (κ2) is 5.42. The van der Waals surface area contributed by atoms with Crippen LogP contribution in [0.4, 0.5) is 0 Å². The molecule has 0 fully saturated rings. The predicted octanol–water partition coefficient (Wildman–Crippen LogP) is 2.20. The summed E-state index contributed by atoms with van der Waals surface area (Å²) in [7, 11) is 0. The molecular weight excluding hydrogens is 164 g/mol.